The van der Waals surface area contributed by atoms with Gasteiger partial charge in [0.05, 0.1) is 30.9 Å². The zero-order chi connectivity index (χ0) is 28.7. The number of nitrogens with two attached hydrogens (primary N) is 1. The van der Waals surface area contributed by atoms with Crippen LogP contribution in [0, 0.1) is 34.4 Å². The molecule has 1 aromatic rings. The Labute approximate surface area is 236 Å². The van der Waals surface area contributed by atoms with Gasteiger partial charge in [-0.25, -0.2) is 4.39 Å². The molecule has 4 aliphatic carbocycles. The second-order valence-corrected chi connectivity index (χ2v) is 13.3. The van der Waals surface area contributed by atoms with Crippen LogP contribution in [0.1, 0.15) is 88.4 Å². The number of nitrogens with one attached hydrogen (secondary N) is 3. The SMILES string of the molecule is COc1cc(F)c(OC2CCC(C)([C@H](N)NO)CC2)cc1C(=O)N[C@@H]1[C@H]2CC[C@H](C2)[C@@H]1C(=O)NCC1(C)CCC1. The fourth-order valence-electron chi connectivity index (χ4n) is 7.47. The average molecular weight is 561 g/mol. The van der Waals surface area contributed by atoms with Crippen molar-refractivity contribution in [1.29, 1.82) is 0 Å². The van der Waals surface area contributed by atoms with E-state index in [0.29, 0.717) is 32.2 Å². The zero-order valence-electron chi connectivity index (χ0n) is 23.9. The molecule has 9 nitrogen and oxygen atoms in total. The van der Waals surface area contributed by atoms with E-state index in [0.717, 1.165) is 32.1 Å². The Morgan fingerprint density at radius 2 is 1.80 bits per heavy atom. The first kappa shape index (κ1) is 29.1. The van der Waals surface area contributed by atoms with E-state index in [1.54, 1.807) is 0 Å². The first-order valence-corrected chi connectivity index (χ1v) is 14.8. The normalized spacial score (nSPS) is 33.1. The Morgan fingerprint density at radius 3 is 2.42 bits per heavy atom. The lowest BCUT2D eigenvalue weighted by Crippen LogP contribution is -2.51. The molecular weight excluding hydrogens is 515 g/mol. The van der Waals surface area contributed by atoms with E-state index in [-0.39, 0.29) is 69.6 Å². The number of halogens is 1. The van der Waals surface area contributed by atoms with Crippen LogP contribution >= 0.6 is 0 Å². The molecule has 40 heavy (non-hydrogen) atoms. The molecule has 0 saturated heterocycles. The van der Waals surface area contributed by atoms with Gasteiger partial charge in [-0.05, 0) is 86.5 Å². The summed E-state index contributed by atoms with van der Waals surface area (Å²) in [5, 5.41) is 15.6. The number of carbonyl (C=O) groups excluding carboxylic acids is 2. The minimum atomic E-state index is -0.600. The highest BCUT2D eigenvalue weighted by Gasteiger charge is 2.51. The van der Waals surface area contributed by atoms with Gasteiger partial charge in [-0.3, -0.25) is 9.59 Å². The summed E-state index contributed by atoms with van der Waals surface area (Å²) in [7, 11) is 1.40. The van der Waals surface area contributed by atoms with Crippen LogP contribution in [0.15, 0.2) is 12.1 Å². The van der Waals surface area contributed by atoms with E-state index in [1.807, 2.05) is 6.92 Å². The van der Waals surface area contributed by atoms with Crippen LogP contribution in [0.4, 0.5) is 4.39 Å². The van der Waals surface area contributed by atoms with E-state index in [2.05, 4.69) is 23.0 Å². The number of benzene rings is 1. The second kappa shape index (κ2) is 11.4. The Morgan fingerprint density at radius 1 is 1.10 bits per heavy atom. The maximum Gasteiger partial charge on any atom is 0.255 e. The Bertz CT molecular complexity index is 1100. The molecule has 10 heteroatoms. The lowest BCUT2D eigenvalue weighted by Gasteiger charge is -2.40. The van der Waals surface area contributed by atoms with E-state index >= 15 is 4.39 Å². The molecule has 222 valence electrons. The summed E-state index contributed by atoms with van der Waals surface area (Å²) in [6.07, 6.45) is 8.28. The Hall–Kier alpha value is -2.43. The number of carbonyl (C=O) groups is 2. The van der Waals surface area contributed by atoms with Crippen molar-refractivity contribution in [2.45, 2.75) is 96.4 Å². The first-order chi connectivity index (χ1) is 19.1. The van der Waals surface area contributed by atoms with Crippen LogP contribution in [0.2, 0.25) is 0 Å². The van der Waals surface area contributed by atoms with Crippen molar-refractivity contribution in [3.8, 4) is 11.5 Å². The molecule has 5 rings (SSSR count). The molecule has 4 saturated carbocycles. The number of hydrogen-bond acceptors (Lipinski definition) is 7. The Balaban J connectivity index is 1.27. The number of hydrogen-bond donors (Lipinski definition) is 5. The van der Waals surface area contributed by atoms with Crippen LogP contribution in [0.3, 0.4) is 0 Å². The summed E-state index contributed by atoms with van der Waals surface area (Å²) in [6, 6.07) is 2.34. The summed E-state index contributed by atoms with van der Waals surface area (Å²) in [5.41, 5.74) is 8.23. The van der Waals surface area contributed by atoms with E-state index in [4.69, 9.17) is 15.2 Å². The lowest BCUT2D eigenvalue weighted by atomic mass is 9.70. The number of rotatable bonds is 10. The number of methoxy groups -OCH3 is 1. The van der Waals surface area contributed by atoms with E-state index in [9.17, 15) is 14.8 Å². The summed E-state index contributed by atoms with van der Waals surface area (Å²) in [5.74, 6) is -0.574. The van der Waals surface area contributed by atoms with Gasteiger partial charge in [-0.1, -0.05) is 20.3 Å². The molecule has 4 fully saturated rings. The predicted molar refractivity (Wildman–Crippen MR) is 147 cm³/mol. The predicted octanol–water partition coefficient (Wildman–Crippen LogP) is 3.88. The van der Waals surface area contributed by atoms with Gasteiger partial charge < -0.3 is 31.0 Å². The van der Waals surface area contributed by atoms with Gasteiger partial charge in [0.1, 0.15) is 5.75 Å². The molecule has 0 aromatic heterocycles. The lowest BCUT2D eigenvalue weighted by molar-refractivity contribution is -0.128. The van der Waals surface area contributed by atoms with E-state index < -0.39 is 12.0 Å². The molecule has 4 aliphatic rings. The molecule has 0 spiro atoms. The van der Waals surface area contributed by atoms with Crippen LogP contribution in [0.5, 0.6) is 11.5 Å². The number of ether oxygens (including phenoxy) is 2. The smallest absolute Gasteiger partial charge is 0.255 e. The third-order valence-electron chi connectivity index (χ3n) is 10.5. The van der Waals surface area contributed by atoms with Gasteiger partial charge in [0.25, 0.3) is 5.91 Å². The number of amides is 2. The van der Waals surface area contributed by atoms with Gasteiger partial charge in [-0.2, -0.15) is 5.48 Å². The van der Waals surface area contributed by atoms with Gasteiger partial charge in [-0.15, -0.1) is 0 Å². The fourth-order valence-corrected chi connectivity index (χ4v) is 7.47. The molecular formula is C30H45FN4O5. The van der Waals surface area contributed by atoms with Gasteiger partial charge in [0.2, 0.25) is 5.91 Å². The summed E-state index contributed by atoms with van der Waals surface area (Å²) in [4.78, 5) is 26.9. The molecule has 2 amide bonds. The summed E-state index contributed by atoms with van der Waals surface area (Å²) in [6.45, 7) is 4.89. The van der Waals surface area contributed by atoms with Crippen molar-refractivity contribution in [2.75, 3.05) is 13.7 Å². The average Bonchev–Trinajstić information content (AvgIpc) is 3.54. The quantitative estimate of drug-likeness (QED) is 0.217. The summed E-state index contributed by atoms with van der Waals surface area (Å²) < 4.78 is 26.4. The van der Waals surface area contributed by atoms with Gasteiger partial charge in [0.15, 0.2) is 11.6 Å². The highest BCUT2D eigenvalue weighted by Crippen LogP contribution is 2.49. The third-order valence-corrected chi connectivity index (χ3v) is 10.5. The minimum absolute atomic E-state index is 0.000104. The van der Waals surface area contributed by atoms with Crippen LogP contribution < -0.4 is 31.3 Å². The van der Waals surface area contributed by atoms with Crippen LogP contribution in [0.25, 0.3) is 0 Å². The molecule has 2 bridgehead atoms. The maximum atomic E-state index is 15.0. The second-order valence-electron chi connectivity index (χ2n) is 13.3. The molecule has 0 radical (unpaired) electrons. The molecule has 0 unspecified atom stereocenters. The van der Waals surface area contributed by atoms with Crippen molar-refractivity contribution in [3.05, 3.63) is 23.5 Å². The number of fused-ring (bicyclic) bond motifs is 2. The van der Waals surface area contributed by atoms with Crippen molar-refractivity contribution in [3.63, 3.8) is 0 Å². The third kappa shape index (κ3) is 5.67. The van der Waals surface area contributed by atoms with Gasteiger partial charge in [0, 0.05) is 18.7 Å². The topological polar surface area (TPSA) is 135 Å². The number of hydroxylamine groups is 1. The molecule has 0 aliphatic heterocycles. The molecule has 0 heterocycles. The first-order valence-electron chi connectivity index (χ1n) is 14.8. The highest BCUT2D eigenvalue weighted by molar-refractivity contribution is 5.98. The van der Waals surface area contributed by atoms with Crippen LogP contribution in [-0.4, -0.2) is 49.0 Å². The fraction of sp³-hybridized carbons (Fsp3) is 0.733. The van der Waals surface area contributed by atoms with Crippen molar-refractivity contribution in [1.82, 2.24) is 16.1 Å². The Kier molecular flexibility index (Phi) is 8.32. The van der Waals surface area contributed by atoms with Crippen LogP contribution in [-0.2, 0) is 4.79 Å². The largest absolute Gasteiger partial charge is 0.496 e. The minimum Gasteiger partial charge on any atom is -0.496 e. The monoisotopic (exact) mass is 560 g/mol. The molecule has 1 aromatic carbocycles. The highest BCUT2D eigenvalue weighted by atomic mass is 19.1. The molecule has 5 atom stereocenters. The van der Waals surface area contributed by atoms with E-state index in [1.165, 1.54) is 25.7 Å². The standard InChI is InChI=1S/C30H45FN4O5/c1-29(9-4-10-29)16-33-27(37)24-17-5-6-18(13-17)25(24)34-26(36)20-14-23(21(31)15-22(20)39-3)40-19-7-11-30(2,12-8-19)28(32)35-38/h14-15,17-19,24-25,28,35,38H,4-13,16,32H2,1-3H3,(H,33,37)(H,34,36)/t17-,18+,19?,24+,25-,28-,30?/m1/s1. The van der Waals surface area contributed by atoms with Gasteiger partial charge >= 0.3 is 0 Å². The maximum absolute atomic E-state index is 15.0. The van der Waals surface area contributed by atoms with Crippen molar-refractivity contribution in [2.24, 2.45) is 34.3 Å². The summed E-state index contributed by atoms with van der Waals surface area (Å²) >= 11 is 0. The van der Waals surface area contributed by atoms with Crippen molar-refractivity contribution < 1.29 is 28.7 Å². The molecule has 6 N–H and O–H groups in total. The zero-order valence-corrected chi connectivity index (χ0v) is 23.9. The van der Waals surface area contributed by atoms with Crippen molar-refractivity contribution >= 4 is 11.8 Å².